The number of hydrogen-bond acceptors (Lipinski definition) is 3. The molecule has 0 spiro atoms. The van der Waals surface area contributed by atoms with E-state index in [1.54, 1.807) is 24.4 Å². The van der Waals surface area contributed by atoms with Gasteiger partial charge in [0.1, 0.15) is 11.5 Å². The van der Waals surface area contributed by atoms with E-state index in [1.165, 1.54) is 0 Å². The van der Waals surface area contributed by atoms with Crippen LogP contribution in [-0.4, -0.2) is 16.1 Å². The zero-order chi connectivity index (χ0) is 14.8. The highest BCUT2D eigenvalue weighted by atomic mass is 16.5. The number of benzene rings is 2. The lowest BCUT2D eigenvalue weighted by Gasteiger charge is -2.10. The standard InChI is InChI=1S/C17H13NO3/c1-11-6-7-12(10-18-11)21-16-9-8-15(17(19)20)13-4-2-3-5-14(13)16/h2-10H,1H3,(H,19,20). The minimum atomic E-state index is -0.949. The van der Waals surface area contributed by atoms with Gasteiger partial charge in [0.25, 0.3) is 0 Å². The Bertz CT molecular complexity index is 810. The van der Waals surface area contributed by atoms with Crippen LogP contribution in [0.1, 0.15) is 16.1 Å². The lowest BCUT2D eigenvalue weighted by molar-refractivity contribution is 0.0699. The third-order valence-corrected chi connectivity index (χ3v) is 3.23. The summed E-state index contributed by atoms with van der Waals surface area (Å²) in [5.74, 6) is 0.282. The van der Waals surface area contributed by atoms with Crippen LogP contribution in [0.3, 0.4) is 0 Å². The van der Waals surface area contributed by atoms with Crippen molar-refractivity contribution in [2.24, 2.45) is 0 Å². The van der Waals surface area contributed by atoms with Gasteiger partial charge in [0.05, 0.1) is 11.8 Å². The number of ether oxygens (including phenoxy) is 1. The molecule has 0 atom stereocenters. The molecule has 0 aliphatic heterocycles. The van der Waals surface area contributed by atoms with Gasteiger partial charge in [0.15, 0.2) is 0 Å². The normalized spacial score (nSPS) is 10.5. The fraction of sp³-hybridized carbons (Fsp3) is 0.0588. The molecule has 0 amide bonds. The Morgan fingerprint density at radius 2 is 1.81 bits per heavy atom. The number of nitrogens with zero attached hydrogens (tertiary/aromatic N) is 1. The van der Waals surface area contributed by atoms with Crippen LogP contribution in [-0.2, 0) is 0 Å². The molecule has 4 nitrogen and oxygen atoms in total. The van der Waals surface area contributed by atoms with Crippen LogP contribution in [0.5, 0.6) is 11.5 Å². The number of aryl methyl sites for hydroxylation is 1. The molecular weight excluding hydrogens is 266 g/mol. The van der Waals surface area contributed by atoms with Crippen molar-refractivity contribution in [2.45, 2.75) is 6.92 Å². The average molecular weight is 279 g/mol. The Hall–Kier alpha value is -2.88. The maximum atomic E-state index is 11.3. The highest BCUT2D eigenvalue weighted by Gasteiger charge is 2.12. The van der Waals surface area contributed by atoms with Gasteiger partial charge in [-0.05, 0) is 36.6 Å². The van der Waals surface area contributed by atoms with Gasteiger partial charge in [-0.25, -0.2) is 4.79 Å². The van der Waals surface area contributed by atoms with Crippen LogP contribution >= 0.6 is 0 Å². The van der Waals surface area contributed by atoms with Crippen LogP contribution in [0.4, 0.5) is 0 Å². The van der Waals surface area contributed by atoms with Crippen LogP contribution in [0.25, 0.3) is 10.8 Å². The molecule has 0 saturated carbocycles. The van der Waals surface area contributed by atoms with E-state index in [4.69, 9.17) is 4.74 Å². The molecule has 3 aromatic rings. The smallest absolute Gasteiger partial charge is 0.336 e. The molecular formula is C17H13NO3. The number of aromatic nitrogens is 1. The van der Waals surface area contributed by atoms with E-state index < -0.39 is 5.97 Å². The van der Waals surface area contributed by atoms with Crippen LogP contribution in [0.15, 0.2) is 54.7 Å². The molecule has 4 heteroatoms. The number of rotatable bonds is 3. The van der Waals surface area contributed by atoms with E-state index >= 15 is 0 Å². The number of fused-ring (bicyclic) bond motifs is 1. The van der Waals surface area contributed by atoms with Crippen LogP contribution < -0.4 is 4.74 Å². The predicted molar refractivity (Wildman–Crippen MR) is 80.0 cm³/mol. The number of carbonyl (C=O) groups is 1. The van der Waals surface area contributed by atoms with E-state index in [2.05, 4.69) is 4.98 Å². The molecule has 0 bridgehead atoms. The van der Waals surface area contributed by atoms with Crippen molar-refractivity contribution in [1.29, 1.82) is 0 Å². The molecule has 21 heavy (non-hydrogen) atoms. The minimum absolute atomic E-state index is 0.264. The van der Waals surface area contributed by atoms with Crippen LogP contribution in [0, 0.1) is 6.92 Å². The van der Waals surface area contributed by atoms with Gasteiger partial charge in [-0.15, -0.1) is 0 Å². The first-order valence-corrected chi connectivity index (χ1v) is 6.51. The molecule has 0 radical (unpaired) electrons. The summed E-state index contributed by atoms with van der Waals surface area (Å²) in [7, 11) is 0. The number of aromatic carboxylic acids is 1. The quantitative estimate of drug-likeness (QED) is 0.786. The predicted octanol–water partition coefficient (Wildman–Crippen LogP) is 4.03. The average Bonchev–Trinajstić information content (AvgIpc) is 2.49. The SMILES string of the molecule is Cc1ccc(Oc2ccc(C(=O)O)c3ccccc23)cn1. The van der Waals surface area contributed by atoms with Gasteiger partial charge in [-0.2, -0.15) is 0 Å². The summed E-state index contributed by atoms with van der Waals surface area (Å²) < 4.78 is 5.83. The Morgan fingerprint density at radius 1 is 1.05 bits per heavy atom. The molecule has 0 fully saturated rings. The molecule has 1 aromatic heterocycles. The summed E-state index contributed by atoms with van der Waals surface area (Å²) in [6.07, 6.45) is 1.65. The van der Waals surface area contributed by atoms with E-state index in [9.17, 15) is 9.90 Å². The molecule has 104 valence electrons. The molecule has 1 N–H and O–H groups in total. The fourth-order valence-corrected chi connectivity index (χ4v) is 2.19. The summed E-state index contributed by atoms with van der Waals surface area (Å²) in [5, 5.41) is 10.7. The Morgan fingerprint density at radius 3 is 2.48 bits per heavy atom. The summed E-state index contributed by atoms with van der Waals surface area (Å²) in [6, 6.07) is 14.2. The van der Waals surface area contributed by atoms with Gasteiger partial charge in [-0.3, -0.25) is 4.98 Å². The summed E-state index contributed by atoms with van der Waals surface area (Å²) in [5.41, 5.74) is 1.17. The van der Waals surface area contributed by atoms with Crippen molar-refractivity contribution in [3.8, 4) is 11.5 Å². The second-order valence-electron chi connectivity index (χ2n) is 4.70. The van der Waals surface area contributed by atoms with Gasteiger partial charge in [0, 0.05) is 11.1 Å². The maximum Gasteiger partial charge on any atom is 0.336 e. The van der Waals surface area contributed by atoms with E-state index in [1.807, 2.05) is 37.3 Å². The van der Waals surface area contributed by atoms with Crippen molar-refractivity contribution < 1.29 is 14.6 Å². The van der Waals surface area contributed by atoms with Crippen LogP contribution in [0.2, 0.25) is 0 Å². The summed E-state index contributed by atoms with van der Waals surface area (Å²) >= 11 is 0. The van der Waals surface area contributed by atoms with Gasteiger partial charge < -0.3 is 9.84 Å². The summed E-state index contributed by atoms with van der Waals surface area (Å²) in [6.45, 7) is 1.90. The Labute approximate surface area is 121 Å². The Kier molecular flexibility index (Phi) is 3.28. The maximum absolute atomic E-state index is 11.3. The van der Waals surface area contributed by atoms with Gasteiger partial charge >= 0.3 is 5.97 Å². The highest BCUT2D eigenvalue weighted by Crippen LogP contribution is 2.31. The zero-order valence-electron chi connectivity index (χ0n) is 11.4. The second kappa shape index (κ2) is 5.25. The monoisotopic (exact) mass is 279 g/mol. The number of carboxylic acids is 1. The van der Waals surface area contributed by atoms with Crippen molar-refractivity contribution in [1.82, 2.24) is 4.98 Å². The number of carboxylic acid groups (broad SMARTS) is 1. The van der Waals surface area contributed by atoms with E-state index in [-0.39, 0.29) is 5.56 Å². The largest absolute Gasteiger partial charge is 0.478 e. The molecule has 3 rings (SSSR count). The first-order valence-electron chi connectivity index (χ1n) is 6.51. The van der Waals surface area contributed by atoms with Gasteiger partial charge in [-0.1, -0.05) is 24.3 Å². The summed E-state index contributed by atoms with van der Waals surface area (Å²) in [4.78, 5) is 15.5. The second-order valence-corrected chi connectivity index (χ2v) is 4.70. The first kappa shape index (κ1) is 13.1. The molecule has 0 unspecified atom stereocenters. The number of pyridine rings is 1. The number of hydrogen-bond donors (Lipinski definition) is 1. The van der Waals surface area contributed by atoms with Gasteiger partial charge in [0.2, 0.25) is 0 Å². The Balaban J connectivity index is 2.09. The third kappa shape index (κ3) is 2.56. The third-order valence-electron chi connectivity index (χ3n) is 3.23. The van der Waals surface area contributed by atoms with Crippen molar-refractivity contribution in [2.75, 3.05) is 0 Å². The van der Waals surface area contributed by atoms with E-state index in [0.717, 1.165) is 11.1 Å². The zero-order valence-corrected chi connectivity index (χ0v) is 11.4. The molecule has 1 heterocycles. The first-order chi connectivity index (χ1) is 10.1. The molecule has 2 aromatic carbocycles. The topological polar surface area (TPSA) is 59.4 Å². The highest BCUT2D eigenvalue weighted by molar-refractivity contribution is 6.05. The van der Waals surface area contributed by atoms with Crippen molar-refractivity contribution in [3.05, 3.63) is 66.0 Å². The molecule has 0 aliphatic carbocycles. The fourth-order valence-electron chi connectivity index (χ4n) is 2.19. The van der Waals surface area contributed by atoms with Crippen molar-refractivity contribution >= 4 is 16.7 Å². The lowest BCUT2D eigenvalue weighted by atomic mass is 10.0. The minimum Gasteiger partial charge on any atom is -0.478 e. The van der Waals surface area contributed by atoms with E-state index in [0.29, 0.717) is 16.9 Å². The molecule has 0 saturated heterocycles. The van der Waals surface area contributed by atoms with Crippen molar-refractivity contribution in [3.63, 3.8) is 0 Å². The molecule has 0 aliphatic rings. The lowest BCUT2D eigenvalue weighted by Crippen LogP contribution is -1.98.